The van der Waals surface area contributed by atoms with Crippen LogP contribution in [0.25, 0.3) is 0 Å². The van der Waals surface area contributed by atoms with Gasteiger partial charge in [0.15, 0.2) is 0 Å². The molecule has 4 heteroatoms. The molecule has 1 atom stereocenters. The fraction of sp³-hybridized carbons (Fsp3) is 0.267. The van der Waals surface area contributed by atoms with Crippen molar-refractivity contribution >= 4 is 17.3 Å². The Kier molecular flexibility index (Phi) is 4.98. The van der Waals surface area contributed by atoms with E-state index in [4.69, 9.17) is 4.74 Å². The number of para-hydroxylation sites is 1. The standard InChI is InChI=1S/C15H16O3S/c16-15(17)13(14-9-5-11-19-14)8-4-10-18-12-6-2-1-3-7-12/h1-3,5-7,9,11,13H,4,8,10H2,(H,16,17). The molecule has 0 radical (unpaired) electrons. The third-order valence-electron chi connectivity index (χ3n) is 2.83. The van der Waals surface area contributed by atoms with Crippen molar-refractivity contribution < 1.29 is 14.6 Å². The molecule has 0 fully saturated rings. The van der Waals surface area contributed by atoms with Crippen LogP contribution < -0.4 is 4.74 Å². The van der Waals surface area contributed by atoms with E-state index >= 15 is 0 Å². The summed E-state index contributed by atoms with van der Waals surface area (Å²) in [6.07, 6.45) is 1.33. The van der Waals surface area contributed by atoms with Crippen LogP contribution in [0, 0.1) is 0 Å². The summed E-state index contributed by atoms with van der Waals surface area (Å²) in [5.74, 6) is -0.355. The molecule has 0 bridgehead atoms. The quantitative estimate of drug-likeness (QED) is 0.783. The van der Waals surface area contributed by atoms with Gasteiger partial charge in [0.25, 0.3) is 0 Å². The van der Waals surface area contributed by atoms with Gasteiger partial charge in [-0.15, -0.1) is 11.3 Å². The Morgan fingerprint density at radius 3 is 2.63 bits per heavy atom. The van der Waals surface area contributed by atoms with E-state index in [2.05, 4.69) is 0 Å². The van der Waals surface area contributed by atoms with Gasteiger partial charge in [0.2, 0.25) is 0 Å². The average Bonchev–Trinajstić information content (AvgIpc) is 2.93. The highest BCUT2D eigenvalue weighted by Gasteiger charge is 2.20. The average molecular weight is 276 g/mol. The van der Waals surface area contributed by atoms with Crippen LogP contribution in [0.5, 0.6) is 5.75 Å². The molecular formula is C15H16O3S. The maximum Gasteiger partial charge on any atom is 0.311 e. The van der Waals surface area contributed by atoms with Crippen LogP contribution in [-0.2, 0) is 4.79 Å². The van der Waals surface area contributed by atoms with Gasteiger partial charge in [-0.1, -0.05) is 24.3 Å². The van der Waals surface area contributed by atoms with Crippen LogP contribution in [0.2, 0.25) is 0 Å². The summed E-state index contributed by atoms with van der Waals surface area (Å²) in [6.45, 7) is 0.541. The Morgan fingerprint density at radius 2 is 2.00 bits per heavy atom. The molecule has 0 saturated carbocycles. The summed E-state index contributed by atoms with van der Waals surface area (Å²) in [4.78, 5) is 12.1. The topological polar surface area (TPSA) is 46.5 Å². The molecule has 0 spiro atoms. The number of benzene rings is 1. The second-order valence-electron chi connectivity index (χ2n) is 4.21. The fourth-order valence-corrected chi connectivity index (χ4v) is 2.73. The Balaban J connectivity index is 1.79. The Bertz CT molecular complexity index is 493. The first-order chi connectivity index (χ1) is 9.27. The van der Waals surface area contributed by atoms with Crippen molar-refractivity contribution in [2.45, 2.75) is 18.8 Å². The van der Waals surface area contributed by atoms with Gasteiger partial charge in [-0.3, -0.25) is 4.79 Å². The molecule has 1 aromatic heterocycles. The first-order valence-corrected chi connectivity index (χ1v) is 7.09. The Labute approximate surface area is 116 Å². The summed E-state index contributed by atoms with van der Waals surface area (Å²) >= 11 is 1.49. The van der Waals surface area contributed by atoms with Crippen LogP contribution in [0.15, 0.2) is 47.8 Å². The van der Waals surface area contributed by atoms with E-state index in [1.54, 1.807) is 0 Å². The van der Waals surface area contributed by atoms with Crippen molar-refractivity contribution in [3.8, 4) is 5.75 Å². The number of hydrogen-bond donors (Lipinski definition) is 1. The molecule has 1 aromatic carbocycles. The van der Waals surface area contributed by atoms with Crippen molar-refractivity contribution in [1.29, 1.82) is 0 Å². The number of carboxylic acids is 1. The zero-order valence-corrected chi connectivity index (χ0v) is 11.3. The van der Waals surface area contributed by atoms with Gasteiger partial charge in [0.05, 0.1) is 12.5 Å². The molecule has 100 valence electrons. The number of carboxylic acid groups (broad SMARTS) is 1. The monoisotopic (exact) mass is 276 g/mol. The minimum absolute atomic E-state index is 0.417. The lowest BCUT2D eigenvalue weighted by Crippen LogP contribution is -2.11. The smallest absolute Gasteiger partial charge is 0.311 e. The molecule has 1 unspecified atom stereocenters. The molecule has 3 nitrogen and oxygen atoms in total. The molecule has 19 heavy (non-hydrogen) atoms. The van der Waals surface area contributed by atoms with Crippen LogP contribution in [0.4, 0.5) is 0 Å². The molecule has 0 amide bonds. The van der Waals surface area contributed by atoms with Gasteiger partial charge >= 0.3 is 5.97 Å². The molecule has 2 rings (SSSR count). The first kappa shape index (κ1) is 13.6. The zero-order chi connectivity index (χ0) is 13.5. The third kappa shape index (κ3) is 4.10. The molecular weight excluding hydrogens is 260 g/mol. The SMILES string of the molecule is O=C(O)C(CCCOc1ccccc1)c1cccs1. The summed E-state index contributed by atoms with van der Waals surface area (Å²) < 4.78 is 5.56. The molecule has 0 aliphatic carbocycles. The van der Waals surface area contributed by atoms with Crippen molar-refractivity contribution in [3.63, 3.8) is 0 Å². The Morgan fingerprint density at radius 1 is 1.21 bits per heavy atom. The van der Waals surface area contributed by atoms with Crippen LogP contribution in [-0.4, -0.2) is 17.7 Å². The van der Waals surface area contributed by atoms with Crippen LogP contribution in [0.3, 0.4) is 0 Å². The van der Waals surface area contributed by atoms with Gasteiger partial charge in [-0.05, 0) is 36.4 Å². The Hall–Kier alpha value is -1.81. The number of carbonyl (C=O) groups is 1. The highest BCUT2D eigenvalue weighted by molar-refractivity contribution is 7.10. The fourth-order valence-electron chi connectivity index (χ4n) is 1.87. The lowest BCUT2D eigenvalue weighted by molar-refractivity contribution is -0.138. The summed E-state index contributed by atoms with van der Waals surface area (Å²) in [7, 11) is 0. The zero-order valence-electron chi connectivity index (χ0n) is 10.5. The third-order valence-corrected chi connectivity index (χ3v) is 3.82. The predicted molar refractivity (Wildman–Crippen MR) is 75.9 cm³/mol. The number of rotatable bonds is 7. The van der Waals surface area contributed by atoms with E-state index in [1.807, 2.05) is 47.8 Å². The van der Waals surface area contributed by atoms with Crippen molar-refractivity contribution in [2.24, 2.45) is 0 Å². The minimum Gasteiger partial charge on any atom is -0.494 e. The lowest BCUT2D eigenvalue weighted by Gasteiger charge is -2.11. The molecule has 0 aliphatic rings. The summed E-state index contributed by atoms with van der Waals surface area (Å²) in [5, 5.41) is 11.1. The minimum atomic E-state index is -0.762. The highest BCUT2D eigenvalue weighted by atomic mass is 32.1. The lowest BCUT2D eigenvalue weighted by atomic mass is 10.0. The second-order valence-corrected chi connectivity index (χ2v) is 5.19. The van der Waals surface area contributed by atoms with E-state index in [0.29, 0.717) is 13.0 Å². The molecule has 2 aromatic rings. The van der Waals surface area contributed by atoms with E-state index in [9.17, 15) is 9.90 Å². The molecule has 0 aliphatic heterocycles. The van der Waals surface area contributed by atoms with Crippen LogP contribution in [0.1, 0.15) is 23.6 Å². The van der Waals surface area contributed by atoms with Crippen LogP contribution >= 0.6 is 11.3 Å². The first-order valence-electron chi connectivity index (χ1n) is 6.21. The second kappa shape index (κ2) is 6.95. The predicted octanol–water partition coefficient (Wildman–Crippen LogP) is 3.78. The molecule has 1 N–H and O–H groups in total. The number of aliphatic carboxylic acids is 1. The number of thiophene rings is 1. The summed E-state index contributed by atoms with van der Waals surface area (Å²) in [5.41, 5.74) is 0. The van der Waals surface area contributed by atoms with Crippen molar-refractivity contribution in [3.05, 3.63) is 52.7 Å². The van der Waals surface area contributed by atoms with Crippen molar-refractivity contribution in [1.82, 2.24) is 0 Å². The van der Waals surface area contributed by atoms with E-state index < -0.39 is 11.9 Å². The van der Waals surface area contributed by atoms with Gasteiger partial charge in [-0.25, -0.2) is 0 Å². The highest BCUT2D eigenvalue weighted by Crippen LogP contribution is 2.26. The molecule has 0 saturated heterocycles. The van der Waals surface area contributed by atoms with Gasteiger partial charge < -0.3 is 9.84 Å². The van der Waals surface area contributed by atoms with Gasteiger partial charge in [0, 0.05) is 4.88 Å². The van der Waals surface area contributed by atoms with Gasteiger partial charge in [-0.2, -0.15) is 0 Å². The van der Waals surface area contributed by atoms with E-state index in [1.165, 1.54) is 11.3 Å². The number of hydrogen-bond acceptors (Lipinski definition) is 3. The summed E-state index contributed by atoms with van der Waals surface area (Å²) in [6, 6.07) is 13.3. The van der Waals surface area contributed by atoms with E-state index in [-0.39, 0.29) is 0 Å². The normalized spacial score (nSPS) is 12.0. The largest absolute Gasteiger partial charge is 0.494 e. The molecule has 1 heterocycles. The van der Waals surface area contributed by atoms with Crippen molar-refractivity contribution in [2.75, 3.05) is 6.61 Å². The maximum atomic E-state index is 11.2. The van der Waals surface area contributed by atoms with Gasteiger partial charge in [0.1, 0.15) is 5.75 Å². The number of ether oxygens (including phenoxy) is 1. The maximum absolute atomic E-state index is 11.2. The van der Waals surface area contributed by atoms with E-state index in [0.717, 1.165) is 17.0 Å².